The number of hydrogen-bond acceptors (Lipinski definition) is 3. The molecule has 2 aromatic rings. The summed E-state index contributed by atoms with van der Waals surface area (Å²) < 4.78 is 0. The quantitative estimate of drug-likeness (QED) is 0.515. The van der Waals surface area contributed by atoms with Crippen molar-refractivity contribution >= 4 is 24.0 Å². The predicted molar refractivity (Wildman–Crippen MR) is 119 cm³/mol. The van der Waals surface area contributed by atoms with Crippen LogP contribution in [0.2, 0.25) is 6.32 Å². The number of aryl methyl sites for hydroxylation is 1. The van der Waals surface area contributed by atoms with E-state index in [9.17, 15) is 0 Å². The Balaban J connectivity index is 1.43. The molecule has 28 heavy (non-hydrogen) atoms. The molecule has 0 amide bonds. The highest BCUT2D eigenvalue weighted by atomic mass is 15.1. The Morgan fingerprint density at radius 2 is 1.96 bits per heavy atom. The molecule has 4 heteroatoms. The first-order valence-electron chi connectivity index (χ1n) is 10.7. The van der Waals surface area contributed by atoms with Crippen LogP contribution in [0, 0.1) is 12.3 Å². The third kappa shape index (κ3) is 3.26. The molecule has 3 N–H and O–H groups in total. The van der Waals surface area contributed by atoms with Crippen LogP contribution in [-0.4, -0.2) is 18.9 Å². The van der Waals surface area contributed by atoms with Crippen LogP contribution in [0.5, 0.6) is 0 Å². The smallest absolute Gasteiger partial charge is 0.224 e. The largest absolute Gasteiger partial charge is 0.369 e. The Bertz CT molecular complexity index is 939. The van der Waals surface area contributed by atoms with Crippen molar-refractivity contribution in [3.63, 3.8) is 0 Å². The molecular formula is C24H28BN3. The van der Waals surface area contributed by atoms with Gasteiger partial charge in [0.25, 0.3) is 0 Å². The van der Waals surface area contributed by atoms with Crippen LogP contribution in [0.25, 0.3) is 0 Å². The third-order valence-corrected chi connectivity index (χ3v) is 6.59. The molecule has 1 atom stereocenters. The van der Waals surface area contributed by atoms with E-state index in [1.54, 1.807) is 11.7 Å². The molecule has 2 fully saturated rings. The molecule has 0 radical (unpaired) electrons. The molecule has 2 saturated carbocycles. The minimum Gasteiger partial charge on any atom is -0.369 e. The number of rotatable bonds is 6. The maximum atomic E-state index is 7.91. The van der Waals surface area contributed by atoms with E-state index in [-0.39, 0.29) is 6.71 Å². The van der Waals surface area contributed by atoms with Gasteiger partial charge < -0.3 is 16.0 Å². The zero-order chi connectivity index (χ0) is 19.1. The second-order valence-corrected chi connectivity index (χ2v) is 8.64. The molecule has 1 aliphatic heterocycles. The lowest BCUT2D eigenvalue weighted by atomic mass is 9.45. The SMILES string of the molecule is Cc1cccc2c1B(C=N)CC2c1cccc(NC(NC2CC2)=C2CCC2)c1. The molecule has 3 aliphatic rings. The van der Waals surface area contributed by atoms with Crippen LogP contribution in [0.15, 0.2) is 53.9 Å². The van der Waals surface area contributed by atoms with Crippen molar-refractivity contribution in [3.8, 4) is 0 Å². The minimum absolute atomic E-state index is 0.238. The summed E-state index contributed by atoms with van der Waals surface area (Å²) in [7, 11) is 0. The highest BCUT2D eigenvalue weighted by Gasteiger charge is 2.34. The van der Waals surface area contributed by atoms with Crippen molar-refractivity contribution in [1.29, 1.82) is 5.41 Å². The Morgan fingerprint density at radius 1 is 1.14 bits per heavy atom. The number of fused-ring (bicyclic) bond motifs is 1. The van der Waals surface area contributed by atoms with E-state index < -0.39 is 0 Å². The van der Waals surface area contributed by atoms with Crippen LogP contribution in [0.4, 0.5) is 5.69 Å². The number of hydrogen-bond donors (Lipinski definition) is 3. The molecule has 3 nitrogen and oxygen atoms in total. The van der Waals surface area contributed by atoms with Crippen LogP contribution in [0.1, 0.15) is 54.7 Å². The van der Waals surface area contributed by atoms with Gasteiger partial charge in [-0.25, -0.2) is 0 Å². The van der Waals surface area contributed by atoms with Gasteiger partial charge in [0.05, 0.1) is 0 Å². The van der Waals surface area contributed by atoms with Crippen LogP contribution in [-0.2, 0) is 0 Å². The van der Waals surface area contributed by atoms with Crippen molar-refractivity contribution in [2.24, 2.45) is 0 Å². The van der Waals surface area contributed by atoms with Gasteiger partial charge in [-0.3, -0.25) is 0 Å². The summed E-state index contributed by atoms with van der Waals surface area (Å²) in [5.41, 5.74) is 8.16. The molecule has 1 unspecified atom stereocenters. The molecule has 0 saturated heterocycles. The van der Waals surface area contributed by atoms with Crippen molar-refractivity contribution in [1.82, 2.24) is 5.32 Å². The molecule has 5 rings (SSSR count). The van der Waals surface area contributed by atoms with Crippen molar-refractivity contribution < 1.29 is 0 Å². The van der Waals surface area contributed by atoms with Gasteiger partial charge in [-0.1, -0.05) is 47.7 Å². The van der Waals surface area contributed by atoms with E-state index in [0.29, 0.717) is 12.0 Å². The van der Waals surface area contributed by atoms with E-state index in [0.717, 1.165) is 6.32 Å². The van der Waals surface area contributed by atoms with Gasteiger partial charge >= 0.3 is 0 Å². The summed E-state index contributed by atoms with van der Waals surface area (Å²) in [5.74, 6) is 1.63. The van der Waals surface area contributed by atoms with Crippen LogP contribution >= 0.6 is 0 Å². The van der Waals surface area contributed by atoms with Crippen molar-refractivity contribution in [2.45, 2.75) is 57.3 Å². The average molecular weight is 369 g/mol. The first-order chi connectivity index (χ1) is 13.7. The summed E-state index contributed by atoms with van der Waals surface area (Å²) in [5, 5.41) is 15.3. The van der Waals surface area contributed by atoms with E-state index in [1.165, 1.54) is 65.8 Å². The lowest BCUT2D eigenvalue weighted by Gasteiger charge is -2.24. The Hall–Kier alpha value is -2.49. The molecule has 0 aromatic heterocycles. The zero-order valence-electron chi connectivity index (χ0n) is 16.6. The summed E-state index contributed by atoms with van der Waals surface area (Å²) in [6, 6.07) is 16.2. The zero-order valence-corrected chi connectivity index (χ0v) is 16.6. The first-order valence-corrected chi connectivity index (χ1v) is 10.7. The molecule has 2 aliphatic carbocycles. The van der Waals surface area contributed by atoms with Crippen LogP contribution < -0.4 is 16.1 Å². The average Bonchev–Trinajstić information content (AvgIpc) is 3.38. The van der Waals surface area contributed by atoms with E-state index in [4.69, 9.17) is 5.41 Å². The maximum absolute atomic E-state index is 7.91. The molecule has 0 bridgehead atoms. The summed E-state index contributed by atoms with van der Waals surface area (Å²) in [6.45, 7) is 2.41. The standard InChI is InChI=1S/C24H28BN3/c1-16-5-2-10-21-22(14-25(15-26)23(16)21)18-8-4-9-20(13-18)28-24(17-6-3-7-17)27-19-11-12-19/h2,4-5,8-10,13,15,19,22,26-28H,3,6-7,11-12,14H2,1H3. The number of anilines is 1. The Morgan fingerprint density at radius 3 is 2.68 bits per heavy atom. The fraction of sp³-hybridized carbons (Fsp3) is 0.375. The first kappa shape index (κ1) is 17.6. The van der Waals surface area contributed by atoms with Gasteiger partial charge in [-0.15, -0.1) is 0 Å². The van der Waals surface area contributed by atoms with Gasteiger partial charge in [0.15, 0.2) is 0 Å². The highest BCUT2D eigenvalue weighted by molar-refractivity contribution is 6.96. The van der Waals surface area contributed by atoms with E-state index in [1.807, 2.05) is 0 Å². The fourth-order valence-electron chi connectivity index (χ4n) is 4.72. The summed E-state index contributed by atoms with van der Waals surface area (Å²) in [4.78, 5) is 0. The maximum Gasteiger partial charge on any atom is 0.224 e. The van der Waals surface area contributed by atoms with Gasteiger partial charge in [-0.05, 0) is 74.0 Å². The lowest BCUT2D eigenvalue weighted by Crippen LogP contribution is -2.30. The Kier molecular flexibility index (Phi) is 4.50. The highest BCUT2D eigenvalue weighted by Crippen LogP contribution is 2.36. The normalized spacial score (nSPS) is 20.4. The van der Waals surface area contributed by atoms with Gasteiger partial charge in [0.1, 0.15) is 5.82 Å². The molecule has 2 aromatic carbocycles. The van der Waals surface area contributed by atoms with Crippen LogP contribution in [0.3, 0.4) is 0 Å². The summed E-state index contributed by atoms with van der Waals surface area (Å²) in [6.07, 6.45) is 8.98. The topological polar surface area (TPSA) is 47.9 Å². The van der Waals surface area contributed by atoms with Gasteiger partial charge in [-0.2, -0.15) is 0 Å². The minimum atomic E-state index is 0.238. The molecule has 1 heterocycles. The summed E-state index contributed by atoms with van der Waals surface area (Å²) >= 11 is 0. The van der Waals surface area contributed by atoms with E-state index >= 15 is 0 Å². The van der Waals surface area contributed by atoms with E-state index in [2.05, 4.69) is 60.0 Å². The second kappa shape index (κ2) is 7.16. The predicted octanol–water partition coefficient (Wildman–Crippen LogP) is 4.59. The van der Waals surface area contributed by atoms with Gasteiger partial charge in [0.2, 0.25) is 6.71 Å². The Labute approximate surface area is 168 Å². The molecule has 142 valence electrons. The molecule has 0 spiro atoms. The third-order valence-electron chi connectivity index (χ3n) is 6.59. The fourth-order valence-corrected chi connectivity index (χ4v) is 4.72. The van der Waals surface area contributed by atoms with Crippen molar-refractivity contribution in [3.05, 3.63) is 70.5 Å². The monoisotopic (exact) mass is 369 g/mol. The van der Waals surface area contributed by atoms with Gasteiger partial charge in [0, 0.05) is 17.6 Å². The van der Waals surface area contributed by atoms with Crippen molar-refractivity contribution in [2.75, 3.05) is 5.32 Å². The number of allylic oxidation sites excluding steroid dienone is 1. The number of benzene rings is 2. The lowest BCUT2D eigenvalue weighted by molar-refractivity contribution is 0.628. The molecular weight excluding hydrogens is 341 g/mol. The number of nitrogens with one attached hydrogen (secondary N) is 3. The second-order valence-electron chi connectivity index (χ2n) is 8.64.